The number of nitrogens with one attached hydrogen (secondary N) is 1. The van der Waals surface area contributed by atoms with E-state index in [4.69, 9.17) is 0 Å². The molecule has 0 bridgehead atoms. The van der Waals surface area contributed by atoms with Crippen LogP contribution in [0.1, 0.15) is 55.8 Å². The Morgan fingerprint density at radius 2 is 1.77 bits per heavy atom. The van der Waals surface area contributed by atoms with E-state index in [0.29, 0.717) is 50.1 Å². The summed E-state index contributed by atoms with van der Waals surface area (Å²) in [5.74, 6) is -0.879. The maximum atomic E-state index is 14.6. The zero-order valence-electron chi connectivity index (χ0n) is 28.5. The summed E-state index contributed by atoms with van der Waals surface area (Å²) in [6.45, 7) is 1.93. The molecule has 5 heterocycles. The van der Waals surface area contributed by atoms with Crippen molar-refractivity contribution in [3.63, 3.8) is 0 Å². The van der Waals surface area contributed by atoms with Crippen LogP contribution in [0.2, 0.25) is 0 Å². The van der Waals surface area contributed by atoms with Gasteiger partial charge in [0.1, 0.15) is 23.0 Å². The van der Waals surface area contributed by atoms with Crippen LogP contribution in [0.5, 0.6) is 5.75 Å². The van der Waals surface area contributed by atoms with Crippen molar-refractivity contribution in [3.05, 3.63) is 123 Å². The Balaban J connectivity index is 1.09. The number of hydrogen-bond acceptors (Lipinski definition) is 8. The third kappa shape index (κ3) is 6.51. The number of imidazole rings is 1. The molecule has 1 saturated heterocycles. The molecule has 1 atom stereocenters. The molecule has 2 aromatic carbocycles. The minimum atomic E-state index is -0.672. The fourth-order valence-corrected chi connectivity index (χ4v) is 7.96. The first-order valence-corrected chi connectivity index (χ1v) is 17.7. The number of aliphatic hydroxyl groups excluding tert-OH is 1. The normalized spacial score (nSPS) is 19.6. The van der Waals surface area contributed by atoms with Crippen molar-refractivity contribution in [3.8, 4) is 22.6 Å². The number of rotatable bonds is 9. The summed E-state index contributed by atoms with van der Waals surface area (Å²) < 4.78 is 32.5. The summed E-state index contributed by atoms with van der Waals surface area (Å²) in [6.07, 6.45) is 8.59. The number of halogens is 2. The number of phenolic OH excluding ortho intramolecular Hbond substituents is 1. The van der Waals surface area contributed by atoms with E-state index in [1.54, 1.807) is 34.9 Å². The molecule has 0 spiro atoms. The molecule has 52 heavy (non-hydrogen) atoms. The van der Waals surface area contributed by atoms with Crippen LogP contribution in [-0.4, -0.2) is 63.9 Å². The third-order valence-corrected chi connectivity index (χ3v) is 10.6. The zero-order chi connectivity index (χ0) is 35.9. The van der Waals surface area contributed by atoms with Gasteiger partial charge >= 0.3 is 5.69 Å². The van der Waals surface area contributed by atoms with E-state index < -0.39 is 23.1 Å². The highest BCUT2D eigenvalue weighted by Crippen LogP contribution is 2.32. The minimum Gasteiger partial charge on any atom is -0.508 e. The first kappa shape index (κ1) is 33.9. The number of pyridine rings is 2. The molecule has 0 unspecified atom stereocenters. The number of benzene rings is 2. The van der Waals surface area contributed by atoms with Crippen molar-refractivity contribution < 1.29 is 19.0 Å². The van der Waals surface area contributed by atoms with Crippen molar-refractivity contribution in [2.45, 2.75) is 69.7 Å². The van der Waals surface area contributed by atoms with E-state index >= 15 is 0 Å². The van der Waals surface area contributed by atoms with Crippen LogP contribution in [0.25, 0.3) is 33.5 Å². The Morgan fingerprint density at radius 1 is 0.923 bits per heavy atom. The van der Waals surface area contributed by atoms with Crippen LogP contribution in [0.3, 0.4) is 0 Å². The maximum absolute atomic E-state index is 14.6. The minimum absolute atomic E-state index is 0.0166. The number of fused-ring (bicyclic) bond motifs is 2. The Morgan fingerprint density at radius 3 is 2.60 bits per heavy atom. The summed E-state index contributed by atoms with van der Waals surface area (Å²) in [5.41, 5.74) is 3.38. The second-order valence-corrected chi connectivity index (χ2v) is 13.9. The fourth-order valence-electron chi connectivity index (χ4n) is 7.96. The van der Waals surface area contributed by atoms with E-state index in [-0.39, 0.29) is 41.3 Å². The molecule has 2 fully saturated rings. The van der Waals surface area contributed by atoms with Crippen molar-refractivity contribution >= 4 is 16.7 Å². The molecule has 268 valence electrons. The SMILES string of the molecule is O=c1c2cc(F)cnc2n(-c2cccc(-c3ccc(O)cc3CN3CCC[C@@H]3CO)c2)c(=O)n1[C@H]1CC[C@@H](NCc2cn3cc(F)ccc3n2)CC1. The summed E-state index contributed by atoms with van der Waals surface area (Å²) in [4.78, 5) is 39.3. The number of aromatic hydroxyl groups is 1. The number of likely N-dealkylation sites (tertiary alicyclic amines) is 1. The Kier molecular flexibility index (Phi) is 9.16. The molecule has 1 aliphatic carbocycles. The molecule has 6 aromatic rings. The smallest absolute Gasteiger partial charge is 0.337 e. The summed E-state index contributed by atoms with van der Waals surface area (Å²) in [5, 5.41) is 23.8. The molecule has 1 aliphatic heterocycles. The Hall–Kier alpha value is -5.24. The average Bonchev–Trinajstić information content (AvgIpc) is 3.77. The molecular weight excluding hydrogens is 668 g/mol. The fraction of sp³-hybridized carbons (Fsp3) is 0.333. The molecule has 0 radical (unpaired) electrons. The molecule has 0 amide bonds. The van der Waals surface area contributed by atoms with E-state index in [9.17, 15) is 28.6 Å². The van der Waals surface area contributed by atoms with Gasteiger partial charge in [0.25, 0.3) is 5.56 Å². The van der Waals surface area contributed by atoms with Crippen molar-refractivity contribution in [1.29, 1.82) is 0 Å². The lowest BCUT2D eigenvalue weighted by atomic mass is 9.91. The first-order chi connectivity index (χ1) is 25.2. The van der Waals surface area contributed by atoms with Crippen LogP contribution in [0, 0.1) is 11.6 Å². The number of phenols is 1. The van der Waals surface area contributed by atoms with Gasteiger partial charge in [-0.25, -0.2) is 28.1 Å². The summed E-state index contributed by atoms with van der Waals surface area (Å²) in [7, 11) is 0. The molecule has 8 rings (SSSR count). The third-order valence-electron chi connectivity index (χ3n) is 10.6. The quantitative estimate of drug-likeness (QED) is 0.190. The van der Waals surface area contributed by atoms with Crippen molar-refractivity contribution in [2.24, 2.45) is 0 Å². The predicted molar refractivity (Wildman–Crippen MR) is 192 cm³/mol. The first-order valence-electron chi connectivity index (χ1n) is 17.7. The largest absolute Gasteiger partial charge is 0.508 e. The highest BCUT2D eigenvalue weighted by molar-refractivity contribution is 5.77. The van der Waals surface area contributed by atoms with Crippen LogP contribution in [0.4, 0.5) is 8.78 Å². The van der Waals surface area contributed by atoms with Crippen LogP contribution in [0.15, 0.2) is 88.8 Å². The van der Waals surface area contributed by atoms with Gasteiger partial charge in [0.2, 0.25) is 0 Å². The van der Waals surface area contributed by atoms with Gasteiger partial charge in [-0.1, -0.05) is 18.2 Å². The van der Waals surface area contributed by atoms with Gasteiger partial charge in [-0.05, 0) is 104 Å². The molecule has 2 aliphatic rings. The molecule has 13 heteroatoms. The monoisotopic (exact) mass is 707 g/mol. The summed E-state index contributed by atoms with van der Waals surface area (Å²) in [6, 6.07) is 16.5. The average molecular weight is 708 g/mol. The highest BCUT2D eigenvalue weighted by Gasteiger charge is 2.28. The number of hydrogen-bond donors (Lipinski definition) is 3. The summed E-state index contributed by atoms with van der Waals surface area (Å²) >= 11 is 0. The number of aromatic nitrogens is 5. The second-order valence-electron chi connectivity index (χ2n) is 13.9. The van der Waals surface area contributed by atoms with E-state index in [2.05, 4.69) is 20.2 Å². The van der Waals surface area contributed by atoms with Crippen LogP contribution >= 0.6 is 0 Å². The second kappa shape index (κ2) is 14.1. The zero-order valence-corrected chi connectivity index (χ0v) is 28.5. The lowest BCUT2D eigenvalue weighted by molar-refractivity contribution is 0.153. The predicted octanol–water partition coefficient (Wildman–Crippen LogP) is 5.08. The lowest BCUT2D eigenvalue weighted by Crippen LogP contribution is -2.44. The Bertz CT molecular complexity index is 2400. The van der Waals surface area contributed by atoms with Crippen molar-refractivity contribution in [1.82, 2.24) is 33.7 Å². The van der Waals surface area contributed by atoms with Gasteiger partial charge in [0.05, 0.1) is 29.6 Å². The molecule has 4 aromatic heterocycles. The van der Waals surface area contributed by atoms with Crippen LogP contribution in [-0.2, 0) is 13.1 Å². The van der Waals surface area contributed by atoms with Crippen molar-refractivity contribution in [2.75, 3.05) is 13.2 Å². The highest BCUT2D eigenvalue weighted by atomic mass is 19.1. The Labute approximate surface area is 297 Å². The van der Waals surface area contributed by atoms with Gasteiger partial charge in [-0.3, -0.25) is 14.3 Å². The lowest BCUT2D eigenvalue weighted by Gasteiger charge is -2.30. The van der Waals surface area contributed by atoms with E-state index in [1.807, 2.05) is 24.3 Å². The molecule has 11 nitrogen and oxygen atoms in total. The van der Waals surface area contributed by atoms with Gasteiger partial charge in [-0.15, -0.1) is 0 Å². The maximum Gasteiger partial charge on any atom is 0.337 e. The van der Waals surface area contributed by atoms with Crippen LogP contribution < -0.4 is 16.6 Å². The standard InChI is InChI=1S/C39H39F2N7O4/c40-26-6-13-36-44-29(22-46(36)21-26)19-42-28-7-9-30(10-8-28)48-38(51)35-17-27(41)18-43-37(35)47(39(48)52)31-4-1-3-24(15-31)34-12-11-33(50)16-25(34)20-45-14-2-5-32(45)23-49/h1,3-4,6,11-13,15-18,21-22,28,30,32,42,49-50H,2,5,7-10,14,19-20,23H2/t28-,30+,32-/m1/s1. The molecule has 1 saturated carbocycles. The topological polar surface area (TPSA) is 130 Å². The number of aliphatic hydroxyl groups is 1. The molecular formula is C39H39F2N7O4. The van der Waals surface area contributed by atoms with Gasteiger partial charge < -0.3 is 19.9 Å². The molecule has 3 N–H and O–H groups in total. The number of nitrogens with zero attached hydrogens (tertiary/aromatic N) is 6. The van der Waals surface area contributed by atoms with Gasteiger partial charge in [0.15, 0.2) is 5.65 Å². The van der Waals surface area contributed by atoms with Gasteiger partial charge in [0, 0.05) is 43.6 Å². The van der Waals surface area contributed by atoms with E-state index in [0.717, 1.165) is 54.0 Å². The van der Waals surface area contributed by atoms with Gasteiger partial charge in [-0.2, -0.15) is 0 Å². The van der Waals surface area contributed by atoms with E-state index in [1.165, 1.54) is 21.4 Å².